The number of hydrogen-bond donors (Lipinski definition) is 1. The molecule has 0 aliphatic carbocycles. The Balaban J connectivity index is 1.77. The Morgan fingerprint density at radius 3 is 2.42 bits per heavy atom. The SMILES string of the molecule is Cc1ccc(Cn2nc(C(=O)N[C@H](C)c3ccccc3)ccc2=O)cc1. The molecule has 3 aromatic rings. The van der Waals surface area contributed by atoms with E-state index in [1.807, 2.05) is 68.4 Å². The number of benzene rings is 2. The quantitative estimate of drug-likeness (QED) is 0.771. The molecule has 5 heteroatoms. The average Bonchev–Trinajstić information content (AvgIpc) is 2.66. The Morgan fingerprint density at radius 2 is 1.73 bits per heavy atom. The first-order valence-corrected chi connectivity index (χ1v) is 8.52. The summed E-state index contributed by atoms with van der Waals surface area (Å²) in [7, 11) is 0. The number of aryl methyl sites for hydroxylation is 1. The van der Waals surface area contributed by atoms with E-state index in [9.17, 15) is 9.59 Å². The van der Waals surface area contributed by atoms with E-state index < -0.39 is 0 Å². The third-order valence-electron chi connectivity index (χ3n) is 4.20. The lowest BCUT2D eigenvalue weighted by atomic mass is 10.1. The molecule has 0 saturated heterocycles. The van der Waals surface area contributed by atoms with Gasteiger partial charge in [0.05, 0.1) is 12.6 Å². The van der Waals surface area contributed by atoms with E-state index in [2.05, 4.69) is 10.4 Å². The van der Waals surface area contributed by atoms with Gasteiger partial charge < -0.3 is 5.32 Å². The average molecular weight is 347 g/mol. The summed E-state index contributed by atoms with van der Waals surface area (Å²) in [6.07, 6.45) is 0. The summed E-state index contributed by atoms with van der Waals surface area (Å²) in [6.45, 7) is 4.25. The highest BCUT2D eigenvalue weighted by molar-refractivity contribution is 5.92. The van der Waals surface area contributed by atoms with Crippen molar-refractivity contribution < 1.29 is 4.79 Å². The molecule has 26 heavy (non-hydrogen) atoms. The van der Waals surface area contributed by atoms with Crippen LogP contribution in [-0.4, -0.2) is 15.7 Å². The summed E-state index contributed by atoms with van der Waals surface area (Å²) in [5.74, 6) is -0.306. The summed E-state index contributed by atoms with van der Waals surface area (Å²) in [6, 6.07) is 20.3. The molecule has 3 rings (SSSR count). The van der Waals surface area contributed by atoms with E-state index in [0.29, 0.717) is 6.54 Å². The molecular formula is C21H21N3O2. The second-order valence-electron chi connectivity index (χ2n) is 6.31. The third-order valence-corrected chi connectivity index (χ3v) is 4.20. The Bertz CT molecular complexity index is 947. The van der Waals surface area contributed by atoms with E-state index in [4.69, 9.17) is 0 Å². The molecule has 5 nitrogen and oxygen atoms in total. The number of amides is 1. The summed E-state index contributed by atoms with van der Waals surface area (Å²) in [5.41, 5.74) is 3.10. The Labute approximate surface area is 152 Å². The number of carbonyl (C=O) groups excluding carboxylic acids is 1. The topological polar surface area (TPSA) is 64.0 Å². The molecule has 1 aromatic heterocycles. The number of nitrogens with one attached hydrogen (secondary N) is 1. The van der Waals surface area contributed by atoms with Crippen molar-refractivity contribution in [1.82, 2.24) is 15.1 Å². The highest BCUT2D eigenvalue weighted by Gasteiger charge is 2.14. The molecule has 1 atom stereocenters. The van der Waals surface area contributed by atoms with Crippen molar-refractivity contribution in [2.45, 2.75) is 26.4 Å². The minimum absolute atomic E-state index is 0.150. The number of nitrogens with zero attached hydrogens (tertiary/aromatic N) is 2. The summed E-state index contributed by atoms with van der Waals surface area (Å²) in [5, 5.41) is 7.14. The second-order valence-corrected chi connectivity index (χ2v) is 6.31. The third kappa shape index (κ3) is 4.25. The molecule has 132 valence electrons. The zero-order valence-electron chi connectivity index (χ0n) is 14.8. The zero-order chi connectivity index (χ0) is 18.5. The molecule has 0 saturated carbocycles. The number of aromatic nitrogens is 2. The standard InChI is InChI=1S/C21H21N3O2/c1-15-8-10-17(11-9-15)14-24-20(25)13-12-19(23-24)21(26)22-16(2)18-6-4-3-5-7-18/h3-13,16H,14H2,1-2H3,(H,22,26)/t16-/m1/s1. The van der Waals surface area contributed by atoms with Crippen LogP contribution in [0.2, 0.25) is 0 Å². The monoisotopic (exact) mass is 347 g/mol. The minimum atomic E-state index is -0.306. The Kier molecular flexibility index (Phi) is 5.27. The van der Waals surface area contributed by atoms with Crippen LogP contribution >= 0.6 is 0 Å². The fourth-order valence-electron chi connectivity index (χ4n) is 2.65. The maximum atomic E-state index is 12.5. The van der Waals surface area contributed by atoms with Gasteiger partial charge in [-0.1, -0.05) is 60.2 Å². The Morgan fingerprint density at radius 1 is 1.04 bits per heavy atom. The van der Waals surface area contributed by atoms with E-state index in [1.165, 1.54) is 16.8 Å². The molecule has 1 amide bonds. The highest BCUT2D eigenvalue weighted by atomic mass is 16.2. The predicted molar refractivity (Wildman–Crippen MR) is 101 cm³/mol. The molecule has 0 radical (unpaired) electrons. The van der Waals surface area contributed by atoms with Crippen LogP contribution in [0.3, 0.4) is 0 Å². The van der Waals surface area contributed by atoms with Gasteiger partial charge in [-0.2, -0.15) is 5.10 Å². The van der Waals surface area contributed by atoms with Gasteiger partial charge in [0.1, 0.15) is 5.69 Å². The summed E-state index contributed by atoms with van der Waals surface area (Å²) >= 11 is 0. The van der Waals surface area contributed by atoms with Crippen molar-refractivity contribution in [3.63, 3.8) is 0 Å². The molecule has 0 bridgehead atoms. The van der Waals surface area contributed by atoms with Gasteiger partial charge in [-0.25, -0.2) is 4.68 Å². The molecule has 0 spiro atoms. The summed E-state index contributed by atoms with van der Waals surface area (Å²) < 4.78 is 1.31. The van der Waals surface area contributed by atoms with Crippen LogP contribution in [0.15, 0.2) is 71.5 Å². The molecule has 1 heterocycles. The molecule has 0 aliphatic heterocycles. The fraction of sp³-hybridized carbons (Fsp3) is 0.190. The number of rotatable bonds is 5. The molecule has 1 N–H and O–H groups in total. The normalized spacial score (nSPS) is 11.8. The van der Waals surface area contributed by atoms with Crippen LogP contribution in [0.5, 0.6) is 0 Å². The molecular weight excluding hydrogens is 326 g/mol. The van der Waals surface area contributed by atoms with E-state index in [-0.39, 0.29) is 23.2 Å². The zero-order valence-corrected chi connectivity index (χ0v) is 14.8. The minimum Gasteiger partial charge on any atom is -0.344 e. The van der Waals surface area contributed by atoms with E-state index in [1.54, 1.807) is 0 Å². The van der Waals surface area contributed by atoms with Crippen LogP contribution in [0, 0.1) is 6.92 Å². The van der Waals surface area contributed by atoms with Crippen molar-refractivity contribution in [3.8, 4) is 0 Å². The molecule has 0 unspecified atom stereocenters. The van der Waals surface area contributed by atoms with Crippen LogP contribution in [-0.2, 0) is 6.54 Å². The van der Waals surface area contributed by atoms with Crippen molar-refractivity contribution in [2.24, 2.45) is 0 Å². The largest absolute Gasteiger partial charge is 0.344 e. The molecule has 0 aliphatic rings. The predicted octanol–water partition coefficient (Wildman–Crippen LogP) is 3.09. The van der Waals surface area contributed by atoms with Gasteiger partial charge in [-0.05, 0) is 31.0 Å². The second kappa shape index (κ2) is 7.78. The van der Waals surface area contributed by atoms with Gasteiger partial charge in [0.2, 0.25) is 0 Å². The lowest BCUT2D eigenvalue weighted by Crippen LogP contribution is -2.31. The van der Waals surface area contributed by atoms with Gasteiger partial charge in [0, 0.05) is 6.07 Å². The first kappa shape index (κ1) is 17.6. The van der Waals surface area contributed by atoms with Gasteiger partial charge in [0.25, 0.3) is 11.5 Å². The van der Waals surface area contributed by atoms with Crippen LogP contribution in [0.4, 0.5) is 0 Å². The number of hydrogen-bond acceptors (Lipinski definition) is 3. The summed E-state index contributed by atoms with van der Waals surface area (Å²) in [4.78, 5) is 24.6. The van der Waals surface area contributed by atoms with E-state index >= 15 is 0 Å². The van der Waals surface area contributed by atoms with Crippen LogP contribution in [0.25, 0.3) is 0 Å². The molecule has 0 fully saturated rings. The van der Waals surface area contributed by atoms with Crippen molar-refractivity contribution in [2.75, 3.05) is 0 Å². The first-order chi connectivity index (χ1) is 12.5. The molecule has 2 aromatic carbocycles. The highest BCUT2D eigenvalue weighted by Crippen LogP contribution is 2.11. The maximum absolute atomic E-state index is 12.5. The van der Waals surface area contributed by atoms with E-state index in [0.717, 1.165) is 16.7 Å². The van der Waals surface area contributed by atoms with Gasteiger partial charge >= 0.3 is 0 Å². The first-order valence-electron chi connectivity index (χ1n) is 8.52. The van der Waals surface area contributed by atoms with Crippen molar-refractivity contribution >= 4 is 5.91 Å². The Hall–Kier alpha value is -3.21. The number of carbonyl (C=O) groups is 1. The van der Waals surface area contributed by atoms with Crippen LogP contribution < -0.4 is 10.9 Å². The van der Waals surface area contributed by atoms with Gasteiger partial charge in [-0.15, -0.1) is 0 Å². The van der Waals surface area contributed by atoms with Crippen molar-refractivity contribution in [3.05, 3.63) is 99.5 Å². The smallest absolute Gasteiger partial charge is 0.272 e. The lowest BCUT2D eigenvalue weighted by Gasteiger charge is -2.14. The van der Waals surface area contributed by atoms with Gasteiger partial charge in [0.15, 0.2) is 0 Å². The van der Waals surface area contributed by atoms with Crippen molar-refractivity contribution in [1.29, 1.82) is 0 Å². The van der Waals surface area contributed by atoms with Gasteiger partial charge in [-0.3, -0.25) is 9.59 Å². The lowest BCUT2D eigenvalue weighted by molar-refractivity contribution is 0.0932. The fourth-order valence-corrected chi connectivity index (χ4v) is 2.65. The maximum Gasteiger partial charge on any atom is 0.272 e. The van der Waals surface area contributed by atoms with Crippen LogP contribution in [0.1, 0.15) is 40.1 Å².